The average molecular weight is 426 g/mol. The fourth-order valence-corrected chi connectivity index (χ4v) is 3.73. The molecule has 1 N–H and O–H groups in total. The number of hydrogen-bond donors (Lipinski definition) is 1. The topological polar surface area (TPSA) is 81.4 Å². The summed E-state index contributed by atoms with van der Waals surface area (Å²) in [5.74, 6) is -0.900. The molecule has 1 heterocycles. The molecule has 4 rings (SSSR count). The molecule has 1 aromatic heterocycles. The monoisotopic (exact) mass is 426 g/mol. The van der Waals surface area contributed by atoms with Crippen LogP contribution in [0, 0.1) is 0 Å². The molecule has 160 valence electrons. The molecule has 0 fully saturated rings. The van der Waals surface area contributed by atoms with E-state index in [1.807, 2.05) is 36.4 Å². The van der Waals surface area contributed by atoms with E-state index in [1.54, 1.807) is 54.6 Å². The first-order chi connectivity index (χ1) is 15.6. The predicted octanol–water partition coefficient (Wildman–Crippen LogP) is 3.37. The van der Waals surface area contributed by atoms with Crippen LogP contribution in [-0.2, 0) is 21.7 Å². The number of rotatable bonds is 6. The lowest BCUT2D eigenvalue weighted by Gasteiger charge is -2.28. The molecule has 6 heteroatoms. The van der Waals surface area contributed by atoms with E-state index in [4.69, 9.17) is 4.74 Å². The number of nitrogens with zero attached hydrogens (tertiary/aromatic N) is 2. The van der Waals surface area contributed by atoms with Gasteiger partial charge in [0.2, 0.25) is 5.60 Å². The van der Waals surface area contributed by atoms with Crippen molar-refractivity contribution in [3.63, 3.8) is 0 Å². The van der Waals surface area contributed by atoms with Crippen molar-refractivity contribution in [2.24, 2.45) is 0 Å². The van der Waals surface area contributed by atoms with Gasteiger partial charge >= 0.3 is 5.97 Å². The molecule has 0 spiro atoms. The Morgan fingerprint density at radius 3 is 2.09 bits per heavy atom. The van der Waals surface area contributed by atoms with Gasteiger partial charge in [-0.1, -0.05) is 91.0 Å². The lowest BCUT2D eigenvalue weighted by Crippen LogP contribution is -2.41. The maximum atomic E-state index is 13.6. The third-order valence-electron chi connectivity index (χ3n) is 5.34. The molecule has 0 aliphatic heterocycles. The quantitative estimate of drug-likeness (QED) is 0.478. The van der Waals surface area contributed by atoms with E-state index in [1.165, 1.54) is 18.0 Å². The predicted molar refractivity (Wildman–Crippen MR) is 121 cm³/mol. The molecular weight excluding hydrogens is 404 g/mol. The summed E-state index contributed by atoms with van der Waals surface area (Å²) in [7, 11) is 1.20. The van der Waals surface area contributed by atoms with Crippen molar-refractivity contribution in [3.05, 3.63) is 124 Å². The Morgan fingerprint density at radius 2 is 1.50 bits per heavy atom. The first kappa shape index (κ1) is 21.2. The highest BCUT2D eigenvalue weighted by atomic mass is 16.5. The van der Waals surface area contributed by atoms with E-state index >= 15 is 0 Å². The minimum Gasteiger partial charge on any atom is -0.466 e. The van der Waals surface area contributed by atoms with Gasteiger partial charge < -0.3 is 9.84 Å². The van der Waals surface area contributed by atoms with Crippen molar-refractivity contribution in [2.45, 2.75) is 12.1 Å². The summed E-state index contributed by atoms with van der Waals surface area (Å²) < 4.78 is 6.28. The van der Waals surface area contributed by atoms with Gasteiger partial charge in [0, 0.05) is 5.56 Å². The number of esters is 1. The van der Waals surface area contributed by atoms with Crippen LogP contribution in [0.15, 0.2) is 102 Å². The van der Waals surface area contributed by atoms with Crippen LogP contribution in [0.4, 0.5) is 0 Å². The van der Waals surface area contributed by atoms with Crippen LogP contribution in [-0.4, -0.2) is 28.0 Å². The van der Waals surface area contributed by atoms with Crippen molar-refractivity contribution in [2.75, 3.05) is 7.11 Å². The van der Waals surface area contributed by atoms with Crippen LogP contribution in [0.25, 0.3) is 11.1 Å². The van der Waals surface area contributed by atoms with E-state index < -0.39 is 17.1 Å². The smallest absolute Gasteiger partial charge is 0.347 e. The fourth-order valence-electron chi connectivity index (χ4n) is 3.73. The van der Waals surface area contributed by atoms with Gasteiger partial charge in [-0.3, -0.25) is 4.79 Å². The molecule has 0 aliphatic carbocycles. The number of methoxy groups -OCH3 is 1. The summed E-state index contributed by atoms with van der Waals surface area (Å²) in [6, 6.07) is 26.8. The Labute approximate surface area is 185 Å². The average Bonchev–Trinajstić information content (AvgIpc) is 2.85. The van der Waals surface area contributed by atoms with E-state index in [-0.39, 0.29) is 23.2 Å². The van der Waals surface area contributed by atoms with Crippen molar-refractivity contribution < 1.29 is 14.6 Å². The van der Waals surface area contributed by atoms with Crippen LogP contribution in [0.5, 0.6) is 0 Å². The molecule has 6 nitrogen and oxygen atoms in total. The molecule has 1 unspecified atom stereocenters. The molecule has 3 aromatic carbocycles. The van der Waals surface area contributed by atoms with Gasteiger partial charge in [-0.2, -0.15) is 5.10 Å². The summed E-state index contributed by atoms with van der Waals surface area (Å²) in [4.78, 5) is 26.5. The van der Waals surface area contributed by atoms with Crippen LogP contribution in [0.1, 0.15) is 16.7 Å². The van der Waals surface area contributed by atoms with Crippen molar-refractivity contribution >= 4 is 5.97 Å². The van der Waals surface area contributed by atoms with Crippen molar-refractivity contribution in [1.82, 2.24) is 9.78 Å². The van der Waals surface area contributed by atoms with Gasteiger partial charge in [-0.05, 0) is 16.7 Å². The SMILES string of the molecule is COC(=O)C(O)(c1ccccc1)c1cnn(Cc2ccccc2)c(=O)c1-c1ccccc1. The van der Waals surface area contributed by atoms with Gasteiger partial charge in [0.1, 0.15) is 0 Å². The number of aliphatic hydroxyl groups is 1. The second-order valence-electron chi connectivity index (χ2n) is 7.32. The Morgan fingerprint density at radius 1 is 0.938 bits per heavy atom. The Bertz CT molecular complexity index is 1270. The lowest BCUT2D eigenvalue weighted by atomic mass is 9.83. The van der Waals surface area contributed by atoms with Gasteiger partial charge in [-0.15, -0.1) is 0 Å². The molecule has 0 amide bonds. The highest BCUT2D eigenvalue weighted by Crippen LogP contribution is 2.35. The first-order valence-electron chi connectivity index (χ1n) is 10.1. The van der Waals surface area contributed by atoms with E-state index in [0.717, 1.165) is 5.56 Å². The number of hydrogen-bond acceptors (Lipinski definition) is 5. The Kier molecular flexibility index (Phi) is 5.96. The summed E-state index contributed by atoms with van der Waals surface area (Å²) in [5, 5.41) is 16.0. The van der Waals surface area contributed by atoms with Crippen LogP contribution < -0.4 is 5.56 Å². The number of carbonyl (C=O) groups is 1. The molecule has 0 bridgehead atoms. The number of ether oxygens (including phenoxy) is 1. The third kappa shape index (κ3) is 3.84. The van der Waals surface area contributed by atoms with Gasteiger partial charge in [0.25, 0.3) is 5.56 Å². The van der Waals surface area contributed by atoms with Gasteiger partial charge in [0.05, 0.1) is 25.4 Å². The number of carbonyl (C=O) groups excluding carboxylic acids is 1. The Balaban J connectivity index is 1.98. The molecule has 32 heavy (non-hydrogen) atoms. The third-order valence-corrected chi connectivity index (χ3v) is 5.34. The highest BCUT2D eigenvalue weighted by Gasteiger charge is 2.44. The number of benzene rings is 3. The van der Waals surface area contributed by atoms with Crippen molar-refractivity contribution in [1.29, 1.82) is 0 Å². The molecule has 0 aliphatic rings. The lowest BCUT2D eigenvalue weighted by molar-refractivity contribution is -0.158. The fraction of sp³-hybridized carbons (Fsp3) is 0.115. The minimum atomic E-state index is -2.21. The zero-order valence-corrected chi connectivity index (χ0v) is 17.5. The largest absolute Gasteiger partial charge is 0.466 e. The maximum absolute atomic E-state index is 13.6. The maximum Gasteiger partial charge on any atom is 0.347 e. The summed E-state index contributed by atoms with van der Waals surface area (Å²) >= 11 is 0. The molecule has 0 radical (unpaired) electrons. The summed E-state index contributed by atoms with van der Waals surface area (Å²) in [5.41, 5.74) is -0.625. The normalized spacial score (nSPS) is 12.7. The molecule has 1 atom stereocenters. The molecule has 0 saturated heterocycles. The van der Waals surface area contributed by atoms with E-state index in [9.17, 15) is 14.7 Å². The standard InChI is InChI=1S/C26H22N2O4/c1-32-25(30)26(31,21-15-9-4-10-16-21)22-17-27-28(18-19-11-5-2-6-12-19)24(29)23(22)20-13-7-3-8-14-20/h2-17,31H,18H2,1H3. The zero-order valence-electron chi connectivity index (χ0n) is 17.5. The van der Waals surface area contributed by atoms with Gasteiger partial charge in [0.15, 0.2) is 0 Å². The van der Waals surface area contributed by atoms with Crippen LogP contribution >= 0.6 is 0 Å². The Hall–Kier alpha value is -4.03. The van der Waals surface area contributed by atoms with Gasteiger partial charge in [-0.25, -0.2) is 9.48 Å². The highest BCUT2D eigenvalue weighted by molar-refractivity contribution is 5.88. The summed E-state index contributed by atoms with van der Waals surface area (Å²) in [6.07, 6.45) is 1.37. The minimum absolute atomic E-state index is 0.0658. The second kappa shape index (κ2) is 8.99. The number of aromatic nitrogens is 2. The van der Waals surface area contributed by atoms with Crippen LogP contribution in [0.2, 0.25) is 0 Å². The molecule has 4 aromatic rings. The van der Waals surface area contributed by atoms with Crippen LogP contribution in [0.3, 0.4) is 0 Å². The second-order valence-corrected chi connectivity index (χ2v) is 7.32. The van der Waals surface area contributed by atoms with E-state index in [2.05, 4.69) is 5.10 Å². The van der Waals surface area contributed by atoms with E-state index in [0.29, 0.717) is 5.56 Å². The first-order valence-corrected chi connectivity index (χ1v) is 10.1. The van der Waals surface area contributed by atoms with Crippen molar-refractivity contribution in [3.8, 4) is 11.1 Å². The molecular formula is C26H22N2O4. The summed E-state index contributed by atoms with van der Waals surface area (Å²) in [6.45, 7) is 0.252. The molecule has 0 saturated carbocycles. The zero-order chi connectivity index (χ0) is 22.6.